The fourth-order valence-electron chi connectivity index (χ4n) is 3.41. The first kappa shape index (κ1) is 18.6. The molecule has 152 valence electrons. The number of nitrogens with zero attached hydrogens (tertiary/aromatic N) is 2. The van der Waals surface area contributed by atoms with Gasteiger partial charge in [0, 0.05) is 6.04 Å². The van der Waals surface area contributed by atoms with E-state index in [0.717, 1.165) is 35.2 Å². The van der Waals surface area contributed by atoms with Crippen LogP contribution in [0.4, 0.5) is 0 Å². The van der Waals surface area contributed by atoms with E-state index < -0.39 is 0 Å². The highest BCUT2D eigenvalue weighted by Crippen LogP contribution is 2.35. The highest BCUT2D eigenvalue weighted by atomic mass is 32.1. The molecule has 8 heteroatoms. The van der Waals surface area contributed by atoms with E-state index in [9.17, 15) is 4.79 Å². The number of hydrogen-bond acceptors (Lipinski definition) is 5. The number of furan rings is 1. The van der Waals surface area contributed by atoms with Gasteiger partial charge < -0.3 is 14.5 Å². The zero-order valence-corrected chi connectivity index (χ0v) is 16.9. The SMILES string of the molecule is O=C(NCc1n[nH]c(=S)n1C1CC1)c1ccc(COc2ccc3ccccc3c2)o1. The largest absolute Gasteiger partial charge is 0.486 e. The molecule has 0 spiro atoms. The number of amides is 1. The first-order chi connectivity index (χ1) is 14.7. The number of hydrogen-bond donors (Lipinski definition) is 2. The van der Waals surface area contributed by atoms with Crippen molar-refractivity contribution in [2.75, 3.05) is 0 Å². The van der Waals surface area contributed by atoms with Gasteiger partial charge in [0.25, 0.3) is 5.91 Å². The molecule has 0 bridgehead atoms. The Morgan fingerprint density at radius 2 is 2.03 bits per heavy atom. The second-order valence-electron chi connectivity index (χ2n) is 7.29. The van der Waals surface area contributed by atoms with Gasteiger partial charge in [-0.15, -0.1) is 0 Å². The lowest BCUT2D eigenvalue weighted by Crippen LogP contribution is -2.24. The second-order valence-corrected chi connectivity index (χ2v) is 7.68. The van der Waals surface area contributed by atoms with Gasteiger partial charge in [-0.1, -0.05) is 30.3 Å². The van der Waals surface area contributed by atoms with E-state index in [0.29, 0.717) is 16.6 Å². The van der Waals surface area contributed by atoms with Crippen LogP contribution in [0.15, 0.2) is 59.0 Å². The molecule has 0 atom stereocenters. The summed E-state index contributed by atoms with van der Waals surface area (Å²) in [4.78, 5) is 12.4. The number of carbonyl (C=O) groups is 1. The minimum Gasteiger partial charge on any atom is -0.486 e. The Labute approximate surface area is 177 Å². The van der Waals surface area contributed by atoms with Crippen LogP contribution in [0.1, 0.15) is 41.0 Å². The van der Waals surface area contributed by atoms with Crippen LogP contribution in [0.3, 0.4) is 0 Å². The van der Waals surface area contributed by atoms with Gasteiger partial charge in [-0.2, -0.15) is 5.10 Å². The molecule has 30 heavy (non-hydrogen) atoms. The molecule has 0 saturated heterocycles. The summed E-state index contributed by atoms with van der Waals surface area (Å²) in [5.41, 5.74) is 0. The van der Waals surface area contributed by atoms with Crippen molar-refractivity contribution in [2.45, 2.75) is 32.0 Å². The Hall–Kier alpha value is -3.39. The van der Waals surface area contributed by atoms with E-state index in [-0.39, 0.29) is 24.8 Å². The molecular formula is C22H20N4O3S. The lowest BCUT2D eigenvalue weighted by atomic mass is 10.1. The maximum Gasteiger partial charge on any atom is 0.287 e. The lowest BCUT2D eigenvalue weighted by Gasteiger charge is -2.06. The normalized spacial score (nSPS) is 13.5. The third kappa shape index (κ3) is 3.86. The summed E-state index contributed by atoms with van der Waals surface area (Å²) in [6.45, 7) is 0.526. The summed E-state index contributed by atoms with van der Waals surface area (Å²) in [5, 5.41) is 12.1. The van der Waals surface area contributed by atoms with E-state index in [4.69, 9.17) is 21.4 Å². The van der Waals surface area contributed by atoms with Crippen LogP contribution in [0.2, 0.25) is 0 Å². The van der Waals surface area contributed by atoms with Crippen LogP contribution in [-0.4, -0.2) is 20.7 Å². The quantitative estimate of drug-likeness (QED) is 0.429. The van der Waals surface area contributed by atoms with Crippen LogP contribution in [0.5, 0.6) is 5.75 Å². The molecule has 2 aromatic carbocycles. The zero-order valence-electron chi connectivity index (χ0n) is 16.1. The predicted molar refractivity (Wildman–Crippen MR) is 114 cm³/mol. The van der Waals surface area contributed by atoms with Gasteiger partial charge in [-0.25, -0.2) is 0 Å². The molecule has 0 aliphatic heterocycles. The van der Waals surface area contributed by atoms with E-state index in [2.05, 4.69) is 21.6 Å². The molecule has 1 aliphatic rings. The fraction of sp³-hybridized carbons (Fsp3) is 0.227. The van der Waals surface area contributed by atoms with Crippen LogP contribution < -0.4 is 10.1 Å². The average Bonchev–Trinajstić information content (AvgIpc) is 3.36. The summed E-state index contributed by atoms with van der Waals surface area (Å²) in [5.74, 6) is 1.98. The fourth-order valence-corrected chi connectivity index (χ4v) is 3.71. The van der Waals surface area contributed by atoms with Crippen molar-refractivity contribution in [1.29, 1.82) is 0 Å². The smallest absolute Gasteiger partial charge is 0.287 e. The molecule has 2 N–H and O–H groups in total. The van der Waals surface area contributed by atoms with Gasteiger partial charge in [0.05, 0.1) is 6.54 Å². The molecular weight excluding hydrogens is 400 g/mol. The average molecular weight is 420 g/mol. The zero-order chi connectivity index (χ0) is 20.5. The van der Waals surface area contributed by atoms with Crippen molar-refractivity contribution in [2.24, 2.45) is 0 Å². The first-order valence-corrected chi connectivity index (χ1v) is 10.2. The van der Waals surface area contributed by atoms with E-state index in [1.165, 1.54) is 0 Å². The number of rotatable bonds is 7. The maximum atomic E-state index is 12.4. The van der Waals surface area contributed by atoms with Gasteiger partial charge >= 0.3 is 0 Å². The minimum absolute atomic E-state index is 0.235. The Morgan fingerprint density at radius 1 is 1.20 bits per heavy atom. The third-order valence-electron chi connectivity index (χ3n) is 5.08. The molecule has 4 aromatic rings. The van der Waals surface area contributed by atoms with E-state index in [1.807, 2.05) is 41.0 Å². The maximum absolute atomic E-state index is 12.4. The van der Waals surface area contributed by atoms with Gasteiger partial charge in [0.1, 0.15) is 18.1 Å². The molecule has 7 nitrogen and oxygen atoms in total. The number of fused-ring (bicyclic) bond motifs is 1. The van der Waals surface area contributed by atoms with Gasteiger partial charge in [0.15, 0.2) is 16.4 Å². The predicted octanol–water partition coefficient (Wildman–Crippen LogP) is 4.53. The number of carbonyl (C=O) groups excluding carboxylic acids is 1. The van der Waals surface area contributed by atoms with Gasteiger partial charge in [-0.3, -0.25) is 14.5 Å². The number of nitrogens with one attached hydrogen (secondary N) is 2. The molecule has 1 fully saturated rings. The topological polar surface area (TPSA) is 85.1 Å². The first-order valence-electron chi connectivity index (χ1n) is 9.82. The van der Waals surface area contributed by atoms with Crippen molar-refractivity contribution >= 4 is 28.9 Å². The summed E-state index contributed by atoms with van der Waals surface area (Å²) >= 11 is 5.26. The minimum atomic E-state index is -0.303. The molecule has 1 saturated carbocycles. The van der Waals surface area contributed by atoms with Gasteiger partial charge in [0.2, 0.25) is 0 Å². The Bertz CT molecular complexity index is 1270. The Morgan fingerprint density at radius 3 is 2.87 bits per heavy atom. The van der Waals surface area contributed by atoms with Crippen molar-refractivity contribution < 1.29 is 13.9 Å². The van der Waals surface area contributed by atoms with Crippen LogP contribution in [-0.2, 0) is 13.2 Å². The van der Waals surface area contributed by atoms with Crippen LogP contribution in [0.25, 0.3) is 10.8 Å². The molecule has 1 aliphatic carbocycles. The van der Waals surface area contributed by atoms with Crippen LogP contribution in [0, 0.1) is 4.77 Å². The summed E-state index contributed by atoms with van der Waals surface area (Å²) < 4.78 is 14.0. The number of aromatic amines is 1. The molecule has 5 rings (SSSR count). The highest BCUT2D eigenvalue weighted by molar-refractivity contribution is 7.71. The standard InChI is InChI=1S/C22H20N4O3S/c27-21(23-12-20-24-25-22(30)26(20)16-6-7-16)19-10-9-18(29-19)13-28-17-8-5-14-3-1-2-4-15(14)11-17/h1-5,8-11,16H,6-7,12-13H2,(H,23,27)(H,25,30). The molecule has 1 amide bonds. The number of benzene rings is 2. The lowest BCUT2D eigenvalue weighted by molar-refractivity contribution is 0.0917. The summed E-state index contributed by atoms with van der Waals surface area (Å²) in [6.07, 6.45) is 2.18. The highest BCUT2D eigenvalue weighted by Gasteiger charge is 2.27. The van der Waals surface area contributed by atoms with Gasteiger partial charge in [-0.05, 0) is 60.1 Å². The van der Waals surface area contributed by atoms with Crippen molar-refractivity contribution in [3.8, 4) is 5.75 Å². The Balaban J connectivity index is 1.19. The summed E-state index contributed by atoms with van der Waals surface area (Å²) in [7, 11) is 0. The van der Waals surface area contributed by atoms with Crippen molar-refractivity contribution in [3.05, 3.63) is 76.7 Å². The Kier molecular flexibility index (Phi) is 4.84. The third-order valence-corrected chi connectivity index (χ3v) is 5.37. The van der Waals surface area contributed by atoms with Crippen LogP contribution >= 0.6 is 12.2 Å². The molecule has 0 unspecified atom stereocenters. The second kappa shape index (κ2) is 7.79. The summed E-state index contributed by atoms with van der Waals surface area (Å²) in [6, 6.07) is 17.8. The number of aromatic nitrogens is 3. The van der Waals surface area contributed by atoms with Crippen molar-refractivity contribution in [1.82, 2.24) is 20.1 Å². The number of H-pyrrole nitrogens is 1. The molecule has 2 aromatic heterocycles. The molecule has 0 radical (unpaired) electrons. The number of ether oxygens (including phenoxy) is 1. The van der Waals surface area contributed by atoms with E-state index >= 15 is 0 Å². The van der Waals surface area contributed by atoms with Crippen molar-refractivity contribution in [3.63, 3.8) is 0 Å². The van der Waals surface area contributed by atoms with E-state index in [1.54, 1.807) is 12.1 Å². The monoisotopic (exact) mass is 420 g/mol. The molecule has 2 heterocycles.